The topological polar surface area (TPSA) is 60.9 Å². The van der Waals surface area contributed by atoms with Gasteiger partial charge >= 0.3 is 18.2 Å². The fourth-order valence-corrected chi connectivity index (χ4v) is 2.22. The van der Waals surface area contributed by atoms with E-state index >= 15 is 0 Å². The van der Waals surface area contributed by atoms with Crippen molar-refractivity contribution >= 4 is 12.0 Å². The number of rotatable bonds is 3. The molecule has 1 unspecified atom stereocenters. The summed E-state index contributed by atoms with van der Waals surface area (Å²) >= 11 is 0. The molecule has 0 radical (unpaired) electrons. The van der Waals surface area contributed by atoms with Crippen LogP contribution in [0.3, 0.4) is 0 Å². The molecule has 116 valence electrons. The number of alkyl halides is 3. The van der Waals surface area contributed by atoms with Gasteiger partial charge < -0.3 is 14.9 Å². The number of amides is 2. The van der Waals surface area contributed by atoms with E-state index in [1.54, 1.807) is 13.8 Å². The van der Waals surface area contributed by atoms with E-state index < -0.39 is 37.2 Å². The maximum Gasteiger partial charge on any atom is 0.393 e. The van der Waals surface area contributed by atoms with Crippen molar-refractivity contribution < 1.29 is 27.9 Å². The summed E-state index contributed by atoms with van der Waals surface area (Å²) in [6, 6.07) is -1.03. The summed E-state index contributed by atoms with van der Waals surface area (Å²) < 4.78 is 38.1. The van der Waals surface area contributed by atoms with E-state index in [-0.39, 0.29) is 25.4 Å². The van der Waals surface area contributed by atoms with Crippen molar-refractivity contribution in [2.24, 2.45) is 5.92 Å². The number of halogens is 3. The van der Waals surface area contributed by atoms with Crippen LogP contribution in [0.2, 0.25) is 0 Å². The molecular weight excluding hydrogens is 277 g/mol. The number of aliphatic carboxylic acids is 1. The second kappa shape index (κ2) is 6.32. The number of piperidine rings is 1. The Morgan fingerprint density at radius 1 is 1.40 bits per heavy atom. The number of carboxylic acids is 1. The molecule has 1 rings (SSSR count). The van der Waals surface area contributed by atoms with Gasteiger partial charge in [-0.25, -0.2) is 4.79 Å². The highest BCUT2D eigenvalue weighted by Gasteiger charge is 2.43. The Hall–Kier alpha value is -1.47. The van der Waals surface area contributed by atoms with Gasteiger partial charge in [0.05, 0.1) is 5.92 Å². The Morgan fingerprint density at radius 3 is 2.45 bits per heavy atom. The molecule has 0 aromatic heterocycles. The summed E-state index contributed by atoms with van der Waals surface area (Å²) in [4.78, 5) is 25.1. The van der Waals surface area contributed by atoms with Crippen molar-refractivity contribution in [3.63, 3.8) is 0 Å². The van der Waals surface area contributed by atoms with E-state index in [1.807, 2.05) is 0 Å². The van der Waals surface area contributed by atoms with E-state index in [9.17, 15) is 22.8 Å². The summed E-state index contributed by atoms with van der Waals surface area (Å²) in [6.45, 7) is 2.58. The van der Waals surface area contributed by atoms with Crippen molar-refractivity contribution in [2.75, 3.05) is 19.6 Å². The van der Waals surface area contributed by atoms with Gasteiger partial charge in [0.25, 0.3) is 0 Å². The van der Waals surface area contributed by atoms with Crippen molar-refractivity contribution in [3.05, 3.63) is 0 Å². The molecule has 2 amide bonds. The highest BCUT2D eigenvalue weighted by Crippen LogP contribution is 2.33. The Balaban J connectivity index is 2.76. The first-order valence-electron chi connectivity index (χ1n) is 6.47. The van der Waals surface area contributed by atoms with Crippen molar-refractivity contribution in [3.8, 4) is 0 Å². The third-order valence-electron chi connectivity index (χ3n) is 3.33. The maximum absolute atomic E-state index is 12.7. The number of urea groups is 1. The summed E-state index contributed by atoms with van der Waals surface area (Å²) in [5.74, 6) is -2.71. The Labute approximate surface area is 115 Å². The standard InChI is InChI=1S/C12H19F3N2O3/c1-8(2)17(7-10(18)19)11(20)16-5-3-4-9(6-16)12(13,14)15/h8-9H,3-7H2,1-2H3,(H,18,19). The monoisotopic (exact) mass is 296 g/mol. The Kier molecular flexibility index (Phi) is 5.24. The zero-order valence-corrected chi connectivity index (χ0v) is 11.5. The van der Waals surface area contributed by atoms with Crippen LogP contribution >= 0.6 is 0 Å². The molecule has 1 heterocycles. The van der Waals surface area contributed by atoms with E-state index in [0.29, 0.717) is 0 Å². The van der Waals surface area contributed by atoms with E-state index in [0.717, 1.165) is 9.80 Å². The molecule has 0 aromatic carbocycles. The molecule has 1 saturated heterocycles. The highest BCUT2D eigenvalue weighted by molar-refractivity contribution is 5.80. The number of likely N-dealkylation sites (tertiary alicyclic amines) is 1. The maximum atomic E-state index is 12.7. The van der Waals surface area contributed by atoms with E-state index in [1.165, 1.54) is 0 Å². The van der Waals surface area contributed by atoms with Gasteiger partial charge in [0.15, 0.2) is 0 Å². The predicted molar refractivity (Wildman–Crippen MR) is 65.2 cm³/mol. The van der Waals surface area contributed by atoms with Crippen LogP contribution in [0.25, 0.3) is 0 Å². The van der Waals surface area contributed by atoms with E-state index in [2.05, 4.69) is 0 Å². The second-order valence-corrected chi connectivity index (χ2v) is 5.22. The number of nitrogens with zero attached hydrogens (tertiary/aromatic N) is 2. The molecule has 0 aromatic rings. The summed E-state index contributed by atoms with van der Waals surface area (Å²) in [5, 5.41) is 8.77. The van der Waals surface area contributed by atoms with Crippen LogP contribution in [-0.4, -0.2) is 58.8 Å². The van der Waals surface area contributed by atoms with Gasteiger partial charge in [-0.3, -0.25) is 4.79 Å². The average Bonchev–Trinajstić information content (AvgIpc) is 2.33. The van der Waals surface area contributed by atoms with Crippen LogP contribution in [0, 0.1) is 5.92 Å². The zero-order valence-electron chi connectivity index (χ0n) is 11.5. The zero-order chi connectivity index (χ0) is 15.5. The molecule has 0 saturated carbocycles. The number of carboxylic acid groups (broad SMARTS) is 1. The molecule has 1 N–H and O–H groups in total. The number of carbonyl (C=O) groups is 2. The molecule has 1 aliphatic heterocycles. The summed E-state index contributed by atoms with van der Waals surface area (Å²) in [7, 11) is 0. The SMILES string of the molecule is CC(C)N(CC(=O)O)C(=O)N1CCCC(C(F)(F)F)C1. The van der Waals surface area contributed by atoms with Crippen LogP contribution in [0.1, 0.15) is 26.7 Å². The highest BCUT2D eigenvalue weighted by atomic mass is 19.4. The van der Waals surface area contributed by atoms with Crippen LogP contribution in [-0.2, 0) is 4.79 Å². The first-order valence-corrected chi connectivity index (χ1v) is 6.47. The molecular formula is C12H19F3N2O3. The molecule has 1 atom stereocenters. The molecule has 20 heavy (non-hydrogen) atoms. The Morgan fingerprint density at radius 2 is 2.00 bits per heavy atom. The molecule has 0 spiro atoms. The minimum Gasteiger partial charge on any atom is -0.480 e. The fourth-order valence-electron chi connectivity index (χ4n) is 2.22. The Bertz CT molecular complexity index is 371. The molecule has 8 heteroatoms. The largest absolute Gasteiger partial charge is 0.480 e. The van der Waals surface area contributed by atoms with Crippen LogP contribution in [0.4, 0.5) is 18.0 Å². The van der Waals surface area contributed by atoms with Gasteiger partial charge in [-0.15, -0.1) is 0 Å². The molecule has 0 aliphatic carbocycles. The third kappa shape index (κ3) is 4.28. The van der Waals surface area contributed by atoms with Gasteiger partial charge in [-0.1, -0.05) is 0 Å². The van der Waals surface area contributed by atoms with Crippen molar-refractivity contribution in [1.82, 2.24) is 9.80 Å². The van der Waals surface area contributed by atoms with Gasteiger partial charge in [-0.2, -0.15) is 13.2 Å². The fraction of sp³-hybridized carbons (Fsp3) is 0.833. The minimum absolute atomic E-state index is 0.00783. The van der Waals surface area contributed by atoms with Gasteiger partial charge in [0.1, 0.15) is 6.54 Å². The van der Waals surface area contributed by atoms with Crippen molar-refractivity contribution in [2.45, 2.75) is 38.9 Å². The summed E-state index contributed by atoms with van der Waals surface area (Å²) in [5.41, 5.74) is 0. The van der Waals surface area contributed by atoms with Gasteiger partial charge in [0, 0.05) is 19.1 Å². The average molecular weight is 296 g/mol. The van der Waals surface area contributed by atoms with Crippen LogP contribution in [0.15, 0.2) is 0 Å². The molecule has 1 aliphatic rings. The first-order chi connectivity index (χ1) is 9.12. The quantitative estimate of drug-likeness (QED) is 0.868. The lowest BCUT2D eigenvalue weighted by Crippen LogP contribution is -2.52. The number of hydrogen-bond donors (Lipinski definition) is 1. The molecule has 0 bridgehead atoms. The normalized spacial score (nSPS) is 20.1. The predicted octanol–water partition coefficient (Wildman–Crippen LogP) is 2.18. The van der Waals surface area contributed by atoms with E-state index in [4.69, 9.17) is 5.11 Å². The number of hydrogen-bond acceptors (Lipinski definition) is 2. The lowest BCUT2D eigenvalue weighted by atomic mass is 9.98. The lowest BCUT2D eigenvalue weighted by molar-refractivity contribution is -0.184. The number of carbonyl (C=O) groups excluding carboxylic acids is 1. The third-order valence-corrected chi connectivity index (χ3v) is 3.33. The molecule has 5 nitrogen and oxygen atoms in total. The smallest absolute Gasteiger partial charge is 0.393 e. The lowest BCUT2D eigenvalue weighted by Gasteiger charge is -2.37. The van der Waals surface area contributed by atoms with Crippen molar-refractivity contribution in [1.29, 1.82) is 0 Å². The van der Waals surface area contributed by atoms with Gasteiger partial charge in [0.2, 0.25) is 0 Å². The minimum atomic E-state index is -4.32. The molecule has 1 fully saturated rings. The first kappa shape index (κ1) is 16.6. The van der Waals surface area contributed by atoms with Crippen LogP contribution < -0.4 is 0 Å². The summed E-state index contributed by atoms with van der Waals surface area (Å²) in [6.07, 6.45) is -4.04. The van der Waals surface area contributed by atoms with Crippen LogP contribution in [0.5, 0.6) is 0 Å². The van der Waals surface area contributed by atoms with Gasteiger partial charge in [-0.05, 0) is 26.7 Å². The second-order valence-electron chi connectivity index (χ2n) is 5.22.